The number of fused-ring (bicyclic) bond motifs is 1. The molecule has 0 bridgehead atoms. The first-order chi connectivity index (χ1) is 18.1. The lowest BCUT2D eigenvalue weighted by Gasteiger charge is -2.44. The van der Waals surface area contributed by atoms with Crippen LogP contribution in [0, 0.1) is 5.82 Å². The molecule has 2 saturated heterocycles. The number of halogens is 1. The van der Waals surface area contributed by atoms with E-state index in [9.17, 15) is 9.59 Å². The number of benzene rings is 1. The number of piperidine rings is 1. The number of carbonyl (C=O) groups is 2. The number of pyridine rings is 1. The fourth-order valence-corrected chi connectivity index (χ4v) is 5.11. The molecule has 10 heteroatoms. The summed E-state index contributed by atoms with van der Waals surface area (Å²) in [4.78, 5) is 32.7. The third-order valence-corrected chi connectivity index (χ3v) is 7.25. The van der Waals surface area contributed by atoms with Gasteiger partial charge in [-0.25, -0.2) is 14.0 Å². The molecule has 1 aromatic carbocycles. The minimum absolute atomic E-state index is 0.268. The molecule has 0 atom stereocenters. The second kappa shape index (κ2) is 10.4. The van der Waals surface area contributed by atoms with Gasteiger partial charge in [0.15, 0.2) is 0 Å². The number of amides is 3. The number of morpholine rings is 1. The van der Waals surface area contributed by atoms with E-state index in [1.807, 2.05) is 26.8 Å². The highest BCUT2D eigenvalue weighted by atomic mass is 19.1. The maximum absolute atomic E-state index is 15.1. The lowest BCUT2D eigenvalue weighted by atomic mass is 9.83. The summed E-state index contributed by atoms with van der Waals surface area (Å²) in [7, 11) is 0. The van der Waals surface area contributed by atoms with E-state index in [2.05, 4.69) is 10.3 Å². The summed E-state index contributed by atoms with van der Waals surface area (Å²) in [5.41, 5.74) is 1.41. The lowest BCUT2D eigenvalue weighted by molar-refractivity contribution is -0.0274. The van der Waals surface area contributed by atoms with Crippen molar-refractivity contribution in [2.75, 3.05) is 44.7 Å². The van der Waals surface area contributed by atoms with Crippen LogP contribution in [0.1, 0.15) is 45.6 Å². The minimum Gasteiger partial charge on any atom is -0.485 e. The first-order valence-corrected chi connectivity index (χ1v) is 13.2. The van der Waals surface area contributed by atoms with Crippen molar-refractivity contribution >= 4 is 17.8 Å². The van der Waals surface area contributed by atoms with E-state index in [1.165, 1.54) is 6.07 Å². The molecule has 0 radical (unpaired) electrons. The van der Waals surface area contributed by atoms with Crippen LogP contribution in [-0.4, -0.2) is 77.5 Å². The van der Waals surface area contributed by atoms with Crippen molar-refractivity contribution in [3.05, 3.63) is 41.8 Å². The number of hydrogen-bond donors (Lipinski definition) is 1. The molecule has 1 aromatic heterocycles. The van der Waals surface area contributed by atoms with E-state index >= 15 is 4.39 Å². The molecule has 0 saturated carbocycles. The van der Waals surface area contributed by atoms with Crippen LogP contribution in [0.15, 0.2) is 30.5 Å². The third-order valence-electron chi connectivity index (χ3n) is 7.25. The number of anilines is 1. The molecule has 1 N–H and O–H groups in total. The van der Waals surface area contributed by atoms with Crippen molar-refractivity contribution in [3.63, 3.8) is 0 Å². The van der Waals surface area contributed by atoms with Crippen LogP contribution in [0.2, 0.25) is 0 Å². The van der Waals surface area contributed by atoms with E-state index in [4.69, 9.17) is 14.2 Å². The van der Waals surface area contributed by atoms with Crippen LogP contribution in [-0.2, 0) is 15.9 Å². The Morgan fingerprint density at radius 1 is 1.05 bits per heavy atom. The largest absolute Gasteiger partial charge is 0.485 e. The molecule has 2 aromatic rings. The SMILES string of the molecule is CC(C)(C)OC(=O)N1CCC2(CCc3cc(-c4ccc(NC(=O)N5CCOCC5)cc4F)ncc3O2)CC1. The molecule has 4 heterocycles. The molecule has 1 spiro atoms. The standard InChI is InChI=1S/C28H35FN4O5/c1-27(2,3)38-26(35)33-10-8-28(9-11-33)7-6-19-16-23(30-18-24(19)37-28)21-5-4-20(17-22(21)29)31-25(34)32-12-14-36-15-13-32/h4-5,16-18H,6-15H2,1-3H3,(H,31,34). The van der Waals surface area contributed by atoms with Crippen LogP contribution >= 0.6 is 0 Å². The van der Waals surface area contributed by atoms with Gasteiger partial charge in [0, 0.05) is 50.3 Å². The summed E-state index contributed by atoms with van der Waals surface area (Å²) in [5.74, 6) is 0.250. The Hall–Kier alpha value is -3.40. The van der Waals surface area contributed by atoms with Crippen molar-refractivity contribution in [3.8, 4) is 17.0 Å². The second-order valence-electron chi connectivity index (χ2n) is 11.2. The zero-order valence-corrected chi connectivity index (χ0v) is 22.2. The highest BCUT2D eigenvalue weighted by molar-refractivity contribution is 5.89. The first kappa shape index (κ1) is 26.2. The minimum atomic E-state index is -0.521. The van der Waals surface area contributed by atoms with Gasteiger partial charge in [-0.3, -0.25) is 4.98 Å². The Balaban J connectivity index is 1.22. The number of nitrogens with one attached hydrogen (secondary N) is 1. The summed E-state index contributed by atoms with van der Waals surface area (Å²) < 4.78 is 32.3. The Morgan fingerprint density at radius 3 is 2.47 bits per heavy atom. The van der Waals surface area contributed by atoms with Crippen LogP contribution in [0.3, 0.4) is 0 Å². The van der Waals surface area contributed by atoms with Crippen LogP contribution < -0.4 is 10.1 Å². The summed E-state index contributed by atoms with van der Waals surface area (Å²) in [6, 6.07) is 6.25. The number of hydrogen-bond acceptors (Lipinski definition) is 6. The number of nitrogens with zero attached hydrogens (tertiary/aromatic N) is 3. The van der Waals surface area contributed by atoms with Crippen LogP contribution in [0.4, 0.5) is 19.7 Å². The van der Waals surface area contributed by atoms with Gasteiger partial charge in [0.05, 0.1) is 25.1 Å². The van der Waals surface area contributed by atoms with Crippen LogP contribution in [0.25, 0.3) is 11.3 Å². The van der Waals surface area contributed by atoms with E-state index < -0.39 is 11.4 Å². The molecule has 3 aliphatic heterocycles. The molecule has 9 nitrogen and oxygen atoms in total. The summed E-state index contributed by atoms with van der Waals surface area (Å²) >= 11 is 0. The molecule has 3 aliphatic rings. The Labute approximate surface area is 222 Å². The number of aryl methyl sites for hydroxylation is 1. The van der Waals surface area contributed by atoms with Crippen molar-refractivity contribution in [1.29, 1.82) is 0 Å². The van der Waals surface area contributed by atoms with Gasteiger partial charge in [-0.2, -0.15) is 0 Å². The second-order valence-corrected chi connectivity index (χ2v) is 11.2. The summed E-state index contributed by atoms with van der Waals surface area (Å²) in [5, 5.41) is 2.75. The smallest absolute Gasteiger partial charge is 0.410 e. The van der Waals surface area contributed by atoms with Crippen molar-refractivity contribution in [1.82, 2.24) is 14.8 Å². The Kier molecular flexibility index (Phi) is 7.17. The monoisotopic (exact) mass is 526 g/mol. The molecule has 38 heavy (non-hydrogen) atoms. The molecule has 2 fully saturated rings. The Bertz CT molecular complexity index is 1200. The van der Waals surface area contributed by atoms with Crippen LogP contribution in [0.5, 0.6) is 5.75 Å². The molecular formula is C28H35FN4O5. The number of carbonyl (C=O) groups excluding carboxylic acids is 2. The van der Waals surface area contributed by atoms with Crippen molar-refractivity contribution < 1.29 is 28.2 Å². The van der Waals surface area contributed by atoms with Crippen molar-refractivity contribution in [2.24, 2.45) is 0 Å². The average molecular weight is 527 g/mol. The van der Waals surface area contributed by atoms with Gasteiger partial charge >= 0.3 is 12.1 Å². The number of aromatic nitrogens is 1. The Morgan fingerprint density at radius 2 is 1.79 bits per heavy atom. The molecule has 3 amide bonds. The van der Waals surface area contributed by atoms with Gasteiger partial charge in [-0.05, 0) is 63.4 Å². The van der Waals surface area contributed by atoms with E-state index in [0.29, 0.717) is 62.1 Å². The van der Waals surface area contributed by atoms with Gasteiger partial charge in [-0.15, -0.1) is 0 Å². The quantitative estimate of drug-likeness (QED) is 0.602. The molecule has 204 valence electrons. The van der Waals surface area contributed by atoms with Gasteiger partial charge in [0.25, 0.3) is 0 Å². The number of rotatable bonds is 2. The van der Waals surface area contributed by atoms with E-state index in [-0.39, 0.29) is 17.7 Å². The summed E-state index contributed by atoms with van der Waals surface area (Å²) in [6.07, 6.45) is 4.43. The zero-order valence-electron chi connectivity index (χ0n) is 22.2. The average Bonchev–Trinajstić information content (AvgIpc) is 2.88. The van der Waals surface area contributed by atoms with Gasteiger partial charge in [-0.1, -0.05) is 0 Å². The number of urea groups is 1. The predicted octanol–water partition coefficient (Wildman–Crippen LogP) is 4.85. The number of likely N-dealkylation sites (tertiary alicyclic amines) is 1. The maximum Gasteiger partial charge on any atom is 0.410 e. The highest BCUT2D eigenvalue weighted by Gasteiger charge is 2.41. The van der Waals surface area contributed by atoms with Gasteiger partial charge in [0.1, 0.15) is 22.8 Å². The fraction of sp³-hybridized carbons (Fsp3) is 0.536. The molecule has 5 rings (SSSR count). The predicted molar refractivity (Wildman–Crippen MR) is 140 cm³/mol. The van der Waals surface area contributed by atoms with Gasteiger partial charge in [0.2, 0.25) is 0 Å². The third kappa shape index (κ3) is 5.85. The van der Waals surface area contributed by atoms with Gasteiger partial charge < -0.3 is 29.3 Å². The van der Waals surface area contributed by atoms with Crippen molar-refractivity contribution in [2.45, 2.75) is 57.7 Å². The van der Waals surface area contributed by atoms with E-state index in [0.717, 1.165) is 31.2 Å². The molecular weight excluding hydrogens is 491 g/mol. The highest BCUT2D eigenvalue weighted by Crippen LogP contribution is 2.40. The number of ether oxygens (including phenoxy) is 3. The topological polar surface area (TPSA) is 93.2 Å². The zero-order chi connectivity index (χ0) is 26.9. The lowest BCUT2D eigenvalue weighted by Crippen LogP contribution is -2.52. The fourth-order valence-electron chi connectivity index (χ4n) is 5.11. The normalized spacial score (nSPS) is 18.9. The maximum atomic E-state index is 15.1. The van der Waals surface area contributed by atoms with E-state index in [1.54, 1.807) is 28.1 Å². The molecule has 0 unspecified atom stereocenters. The summed E-state index contributed by atoms with van der Waals surface area (Å²) in [6.45, 7) is 8.77. The molecule has 0 aliphatic carbocycles. The first-order valence-electron chi connectivity index (χ1n) is 13.2.